The molecule has 0 spiro atoms. The third-order valence-electron chi connectivity index (χ3n) is 3.94. The molecule has 0 heterocycles. The van der Waals surface area contributed by atoms with Gasteiger partial charge in [0.1, 0.15) is 9.84 Å². The molecule has 5 nitrogen and oxygen atoms in total. The SMILES string of the molecule is CCNC(=NCC(C)(C)CCS(C)(=O)=O)NCCCc1ccccc1. The fourth-order valence-corrected chi connectivity index (χ4v) is 3.24. The van der Waals surface area contributed by atoms with Gasteiger partial charge in [0.25, 0.3) is 0 Å². The Balaban J connectivity index is 2.44. The van der Waals surface area contributed by atoms with Crippen LogP contribution >= 0.6 is 0 Å². The van der Waals surface area contributed by atoms with Gasteiger partial charge in [0.2, 0.25) is 0 Å². The quantitative estimate of drug-likeness (QED) is 0.379. The van der Waals surface area contributed by atoms with Crippen molar-refractivity contribution in [1.82, 2.24) is 10.6 Å². The number of guanidine groups is 1. The second-order valence-corrected chi connectivity index (χ2v) is 9.51. The molecule has 0 radical (unpaired) electrons. The Labute approximate surface area is 153 Å². The highest BCUT2D eigenvalue weighted by molar-refractivity contribution is 7.90. The lowest BCUT2D eigenvalue weighted by Gasteiger charge is -2.22. The topological polar surface area (TPSA) is 70.6 Å². The summed E-state index contributed by atoms with van der Waals surface area (Å²) in [7, 11) is -2.93. The summed E-state index contributed by atoms with van der Waals surface area (Å²) in [6.45, 7) is 8.40. The zero-order valence-electron chi connectivity index (χ0n) is 16.0. The zero-order chi connectivity index (χ0) is 18.8. The predicted octanol–water partition coefficient (Wildman–Crippen LogP) is 2.64. The normalized spacial score (nSPS) is 12.9. The molecule has 25 heavy (non-hydrogen) atoms. The first-order valence-corrected chi connectivity index (χ1v) is 11.0. The second kappa shape index (κ2) is 10.4. The highest BCUT2D eigenvalue weighted by Gasteiger charge is 2.20. The lowest BCUT2D eigenvalue weighted by Crippen LogP contribution is -2.38. The third-order valence-corrected chi connectivity index (χ3v) is 4.88. The van der Waals surface area contributed by atoms with Gasteiger partial charge >= 0.3 is 0 Å². The van der Waals surface area contributed by atoms with E-state index in [1.54, 1.807) is 0 Å². The number of benzene rings is 1. The Morgan fingerprint density at radius 2 is 1.84 bits per heavy atom. The van der Waals surface area contributed by atoms with E-state index in [-0.39, 0.29) is 11.2 Å². The maximum Gasteiger partial charge on any atom is 0.191 e. The molecule has 1 aromatic carbocycles. The van der Waals surface area contributed by atoms with E-state index < -0.39 is 9.84 Å². The molecule has 0 aliphatic carbocycles. The molecule has 0 bridgehead atoms. The van der Waals surface area contributed by atoms with Gasteiger partial charge in [-0.15, -0.1) is 0 Å². The predicted molar refractivity (Wildman–Crippen MR) is 107 cm³/mol. The van der Waals surface area contributed by atoms with Crippen LogP contribution in [-0.4, -0.2) is 46.0 Å². The van der Waals surface area contributed by atoms with Gasteiger partial charge in [0.05, 0.1) is 5.75 Å². The standard InChI is InChI=1S/C19H33N3O2S/c1-5-20-18(21-14-9-12-17-10-7-6-8-11-17)22-16-19(2,3)13-15-25(4,23)24/h6-8,10-11H,5,9,12-16H2,1-4H3,(H2,20,21,22). The summed E-state index contributed by atoms with van der Waals surface area (Å²) in [5, 5.41) is 6.60. The summed E-state index contributed by atoms with van der Waals surface area (Å²) in [6.07, 6.45) is 3.96. The minimum absolute atomic E-state index is 0.143. The van der Waals surface area contributed by atoms with Crippen molar-refractivity contribution < 1.29 is 8.42 Å². The molecule has 0 amide bonds. The molecule has 6 heteroatoms. The van der Waals surface area contributed by atoms with Crippen LogP contribution in [0.4, 0.5) is 0 Å². The minimum atomic E-state index is -2.93. The molecular formula is C19H33N3O2S. The number of aliphatic imine (C=N–C) groups is 1. The summed E-state index contributed by atoms with van der Waals surface area (Å²) in [5.41, 5.74) is 1.20. The highest BCUT2D eigenvalue weighted by atomic mass is 32.2. The van der Waals surface area contributed by atoms with Gasteiger partial charge in [-0.05, 0) is 37.2 Å². The van der Waals surface area contributed by atoms with E-state index in [1.165, 1.54) is 11.8 Å². The molecule has 0 atom stereocenters. The third kappa shape index (κ3) is 10.8. The second-order valence-electron chi connectivity index (χ2n) is 7.26. The van der Waals surface area contributed by atoms with Crippen molar-refractivity contribution in [2.24, 2.45) is 10.4 Å². The van der Waals surface area contributed by atoms with E-state index in [9.17, 15) is 8.42 Å². The lowest BCUT2D eigenvalue weighted by molar-refractivity contribution is 0.365. The molecule has 142 valence electrons. The van der Waals surface area contributed by atoms with Gasteiger partial charge in [-0.25, -0.2) is 8.42 Å². The number of rotatable bonds is 10. The van der Waals surface area contributed by atoms with Crippen LogP contribution in [0, 0.1) is 5.41 Å². The van der Waals surface area contributed by atoms with E-state index >= 15 is 0 Å². The first-order valence-electron chi connectivity index (χ1n) is 8.96. The van der Waals surface area contributed by atoms with Crippen molar-refractivity contribution >= 4 is 15.8 Å². The lowest BCUT2D eigenvalue weighted by atomic mass is 9.90. The number of sulfone groups is 1. The molecule has 2 N–H and O–H groups in total. The molecule has 1 rings (SSSR count). The van der Waals surface area contributed by atoms with Crippen molar-refractivity contribution in [2.45, 2.75) is 40.0 Å². The van der Waals surface area contributed by atoms with Crippen LogP contribution in [0.2, 0.25) is 0 Å². The number of hydrogen-bond acceptors (Lipinski definition) is 3. The first-order chi connectivity index (χ1) is 11.7. The van der Waals surface area contributed by atoms with Crippen LogP contribution in [0.25, 0.3) is 0 Å². The van der Waals surface area contributed by atoms with Crippen molar-refractivity contribution in [1.29, 1.82) is 0 Å². The Morgan fingerprint density at radius 3 is 2.44 bits per heavy atom. The number of nitrogens with one attached hydrogen (secondary N) is 2. The Bertz CT molecular complexity index is 625. The average molecular weight is 368 g/mol. The minimum Gasteiger partial charge on any atom is -0.357 e. The number of hydrogen-bond donors (Lipinski definition) is 2. The Hall–Kier alpha value is -1.56. The number of nitrogens with zero attached hydrogens (tertiary/aromatic N) is 1. The van der Waals surface area contributed by atoms with E-state index in [2.05, 4.69) is 53.7 Å². The molecule has 0 aromatic heterocycles. The molecule has 0 fully saturated rings. The van der Waals surface area contributed by atoms with Gasteiger partial charge in [-0.1, -0.05) is 44.2 Å². The zero-order valence-corrected chi connectivity index (χ0v) is 16.8. The molecule has 0 aliphatic rings. The van der Waals surface area contributed by atoms with Crippen molar-refractivity contribution in [3.8, 4) is 0 Å². The van der Waals surface area contributed by atoms with Crippen LogP contribution in [0.5, 0.6) is 0 Å². The van der Waals surface area contributed by atoms with Gasteiger partial charge < -0.3 is 10.6 Å². The summed E-state index contributed by atoms with van der Waals surface area (Å²) in [4.78, 5) is 4.63. The fourth-order valence-electron chi connectivity index (χ4n) is 2.32. The van der Waals surface area contributed by atoms with Gasteiger partial charge in [-0.2, -0.15) is 0 Å². The summed E-state index contributed by atoms with van der Waals surface area (Å²) >= 11 is 0. The van der Waals surface area contributed by atoms with E-state index in [4.69, 9.17) is 0 Å². The van der Waals surface area contributed by atoms with Crippen molar-refractivity contribution in [3.63, 3.8) is 0 Å². The number of aryl methyl sites for hydroxylation is 1. The average Bonchev–Trinajstić information content (AvgIpc) is 2.55. The molecule has 0 saturated carbocycles. The largest absolute Gasteiger partial charge is 0.357 e. The Kier molecular flexibility index (Phi) is 8.97. The summed E-state index contributed by atoms with van der Waals surface area (Å²) < 4.78 is 22.7. The first kappa shape index (κ1) is 21.5. The van der Waals surface area contributed by atoms with E-state index in [0.29, 0.717) is 13.0 Å². The smallest absolute Gasteiger partial charge is 0.191 e. The molecular weight excluding hydrogens is 334 g/mol. The van der Waals surface area contributed by atoms with Gasteiger partial charge in [0, 0.05) is 25.9 Å². The van der Waals surface area contributed by atoms with Crippen LogP contribution in [-0.2, 0) is 16.3 Å². The monoisotopic (exact) mass is 367 g/mol. The van der Waals surface area contributed by atoms with Gasteiger partial charge in [0.15, 0.2) is 5.96 Å². The van der Waals surface area contributed by atoms with Crippen LogP contribution in [0.15, 0.2) is 35.3 Å². The highest BCUT2D eigenvalue weighted by Crippen LogP contribution is 2.21. The van der Waals surface area contributed by atoms with Crippen molar-refractivity contribution in [3.05, 3.63) is 35.9 Å². The van der Waals surface area contributed by atoms with Gasteiger partial charge in [-0.3, -0.25) is 4.99 Å². The maximum atomic E-state index is 11.3. The maximum absolute atomic E-state index is 11.3. The van der Waals surface area contributed by atoms with Crippen LogP contribution < -0.4 is 10.6 Å². The summed E-state index contributed by atoms with van der Waals surface area (Å²) in [5.74, 6) is 0.999. The van der Waals surface area contributed by atoms with E-state index in [1.807, 2.05) is 13.0 Å². The molecule has 1 aromatic rings. The van der Waals surface area contributed by atoms with E-state index in [0.717, 1.165) is 31.9 Å². The van der Waals surface area contributed by atoms with Crippen LogP contribution in [0.1, 0.15) is 39.2 Å². The Morgan fingerprint density at radius 1 is 1.16 bits per heavy atom. The molecule has 0 unspecified atom stereocenters. The fraction of sp³-hybridized carbons (Fsp3) is 0.632. The summed E-state index contributed by atoms with van der Waals surface area (Å²) in [6, 6.07) is 10.4. The molecule has 0 saturated heterocycles. The van der Waals surface area contributed by atoms with Crippen LogP contribution in [0.3, 0.4) is 0 Å². The van der Waals surface area contributed by atoms with Crippen molar-refractivity contribution in [2.75, 3.05) is 31.6 Å². The molecule has 0 aliphatic heterocycles.